The van der Waals surface area contributed by atoms with Crippen molar-refractivity contribution in [2.24, 2.45) is 0 Å². The van der Waals surface area contributed by atoms with E-state index in [9.17, 15) is 23.6 Å². The van der Waals surface area contributed by atoms with Gasteiger partial charge in [0.15, 0.2) is 11.6 Å². The molecule has 1 aromatic heterocycles. The fourth-order valence-corrected chi connectivity index (χ4v) is 3.47. The minimum Gasteiger partial charge on any atom is -0.473 e. The molecule has 0 aliphatic carbocycles. The van der Waals surface area contributed by atoms with E-state index in [0.717, 1.165) is 12.1 Å². The maximum Gasteiger partial charge on any atom is 0.416 e. The Balaban J connectivity index is 1.49. The summed E-state index contributed by atoms with van der Waals surface area (Å²) in [6.07, 6.45) is -0.583. The second-order valence-electron chi connectivity index (χ2n) is 8.93. The van der Waals surface area contributed by atoms with Gasteiger partial charge in [-0.3, -0.25) is 9.47 Å². The minimum atomic E-state index is -1.07. The predicted molar refractivity (Wildman–Crippen MR) is 124 cm³/mol. The van der Waals surface area contributed by atoms with E-state index in [2.05, 4.69) is 4.98 Å². The molecule has 9 nitrogen and oxygen atoms in total. The van der Waals surface area contributed by atoms with Gasteiger partial charge in [-0.25, -0.2) is 18.4 Å². The minimum absolute atomic E-state index is 0.00216. The molecule has 0 fully saturated rings. The zero-order valence-corrected chi connectivity index (χ0v) is 19.7. The first-order chi connectivity index (χ1) is 17.0. The first-order valence-electron chi connectivity index (χ1n) is 11.0. The summed E-state index contributed by atoms with van der Waals surface area (Å²) in [7, 11) is 0. The normalized spacial score (nSPS) is 12.6. The van der Waals surface area contributed by atoms with E-state index in [1.807, 2.05) is 6.07 Å². The number of anilines is 1. The van der Waals surface area contributed by atoms with Crippen molar-refractivity contribution < 1.29 is 27.8 Å². The van der Waals surface area contributed by atoms with E-state index in [0.29, 0.717) is 11.4 Å². The lowest BCUT2D eigenvalue weighted by Gasteiger charge is -2.24. The monoisotopic (exact) mass is 496 g/mol. The topological polar surface area (TPSA) is 107 Å². The number of nitriles is 1. The third-order valence-corrected chi connectivity index (χ3v) is 5.07. The fraction of sp³-hybridized carbons (Fsp3) is 0.280. The SMILES string of the molecule is CC(C)(C)OC(=O)N1CCn2c1cc(OCc1ccc(Oc3ccc(F)c(F)c3)c(C#N)c1)nc2=O. The van der Waals surface area contributed by atoms with Gasteiger partial charge >= 0.3 is 11.8 Å². The van der Waals surface area contributed by atoms with Crippen LogP contribution in [0.1, 0.15) is 31.9 Å². The largest absolute Gasteiger partial charge is 0.473 e. The highest BCUT2D eigenvalue weighted by Crippen LogP contribution is 2.28. The van der Waals surface area contributed by atoms with Gasteiger partial charge in [0.25, 0.3) is 0 Å². The van der Waals surface area contributed by atoms with Gasteiger partial charge in [0, 0.05) is 25.2 Å². The molecule has 36 heavy (non-hydrogen) atoms. The van der Waals surface area contributed by atoms with Gasteiger partial charge in [-0.2, -0.15) is 10.2 Å². The van der Waals surface area contributed by atoms with Crippen molar-refractivity contribution in [3.8, 4) is 23.4 Å². The molecule has 0 unspecified atom stereocenters. The van der Waals surface area contributed by atoms with Crippen molar-refractivity contribution in [3.63, 3.8) is 0 Å². The second-order valence-corrected chi connectivity index (χ2v) is 8.93. The molecule has 0 spiro atoms. The van der Waals surface area contributed by atoms with Crippen molar-refractivity contribution in [2.75, 3.05) is 11.4 Å². The van der Waals surface area contributed by atoms with Gasteiger partial charge in [-0.05, 0) is 50.6 Å². The Labute approximate surface area is 205 Å². The van der Waals surface area contributed by atoms with Crippen LogP contribution in [-0.2, 0) is 17.9 Å². The molecular weight excluding hydrogens is 474 g/mol. The highest BCUT2D eigenvalue weighted by atomic mass is 19.2. The van der Waals surface area contributed by atoms with Crippen LogP contribution in [0, 0.1) is 23.0 Å². The Morgan fingerprint density at radius 2 is 1.89 bits per heavy atom. The average molecular weight is 496 g/mol. The Morgan fingerprint density at radius 3 is 2.58 bits per heavy atom. The zero-order valence-electron chi connectivity index (χ0n) is 19.7. The molecule has 11 heteroatoms. The molecule has 1 aliphatic rings. The third kappa shape index (κ3) is 5.43. The first-order valence-corrected chi connectivity index (χ1v) is 11.0. The third-order valence-electron chi connectivity index (χ3n) is 5.07. The van der Waals surface area contributed by atoms with Crippen LogP contribution in [0.15, 0.2) is 47.3 Å². The highest BCUT2D eigenvalue weighted by molar-refractivity contribution is 5.87. The molecule has 0 radical (unpaired) electrons. The molecule has 1 aliphatic heterocycles. The van der Waals surface area contributed by atoms with Gasteiger partial charge in [0.1, 0.15) is 35.6 Å². The molecule has 2 aromatic carbocycles. The lowest BCUT2D eigenvalue weighted by Crippen LogP contribution is -2.36. The van der Waals surface area contributed by atoms with Crippen LogP contribution in [0.5, 0.6) is 17.4 Å². The van der Waals surface area contributed by atoms with Crippen molar-refractivity contribution >= 4 is 11.9 Å². The molecule has 1 amide bonds. The summed E-state index contributed by atoms with van der Waals surface area (Å²) >= 11 is 0. The summed E-state index contributed by atoms with van der Waals surface area (Å²) in [6, 6.07) is 11.1. The van der Waals surface area contributed by atoms with Crippen LogP contribution in [0.3, 0.4) is 0 Å². The number of rotatable bonds is 5. The summed E-state index contributed by atoms with van der Waals surface area (Å²) in [5.41, 5.74) is -0.563. The molecule has 186 valence electrons. The lowest BCUT2D eigenvalue weighted by atomic mass is 10.1. The molecule has 0 N–H and O–H groups in total. The van der Waals surface area contributed by atoms with Crippen LogP contribution in [0.2, 0.25) is 0 Å². The van der Waals surface area contributed by atoms with Gasteiger partial charge in [-0.15, -0.1) is 0 Å². The fourth-order valence-electron chi connectivity index (χ4n) is 3.47. The summed E-state index contributed by atoms with van der Waals surface area (Å²) in [5, 5.41) is 9.50. The number of ether oxygens (including phenoxy) is 3. The molecule has 0 saturated carbocycles. The number of hydrogen-bond acceptors (Lipinski definition) is 7. The van der Waals surface area contributed by atoms with Gasteiger partial charge in [0.05, 0.1) is 5.56 Å². The smallest absolute Gasteiger partial charge is 0.416 e. The van der Waals surface area contributed by atoms with E-state index in [4.69, 9.17) is 14.2 Å². The van der Waals surface area contributed by atoms with Crippen molar-refractivity contribution in [3.05, 3.63) is 75.7 Å². The van der Waals surface area contributed by atoms with E-state index >= 15 is 0 Å². The Hall–Kier alpha value is -4.46. The summed E-state index contributed by atoms with van der Waals surface area (Å²) in [6.45, 7) is 5.75. The molecule has 3 aromatic rings. The number of hydrogen-bond donors (Lipinski definition) is 0. The lowest BCUT2D eigenvalue weighted by molar-refractivity contribution is 0.0584. The summed E-state index contributed by atoms with van der Waals surface area (Å²) in [4.78, 5) is 30.2. The standard InChI is InChI=1S/C25H22F2N4O5/c1-25(2,3)36-24(33)31-9-8-30-22(31)12-21(29-23(30)32)34-14-15-4-7-20(16(10-15)13-28)35-17-5-6-18(26)19(27)11-17/h4-7,10-12H,8-9,14H2,1-3H3. The molecular formula is C25H22F2N4O5. The van der Waals surface area contributed by atoms with Crippen molar-refractivity contribution in [1.29, 1.82) is 5.26 Å². The Bertz CT molecular complexity index is 1430. The summed E-state index contributed by atoms with van der Waals surface area (Å²) < 4.78 is 44.5. The van der Waals surface area contributed by atoms with E-state index in [1.54, 1.807) is 26.8 Å². The van der Waals surface area contributed by atoms with E-state index < -0.39 is 29.0 Å². The van der Waals surface area contributed by atoms with Crippen LogP contribution >= 0.6 is 0 Å². The van der Waals surface area contributed by atoms with Crippen LogP contribution in [0.25, 0.3) is 0 Å². The second kappa shape index (κ2) is 9.65. The molecule has 0 saturated heterocycles. The molecule has 4 rings (SSSR count). The van der Waals surface area contributed by atoms with Crippen molar-refractivity contribution in [1.82, 2.24) is 9.55 Å². The van der Waals surface area contributed by atoms with Crippen LogP contribution in [-0.4, -0.2) is 27.8 Å². The first kappa shape index (κ1) is 24.7. The Kier molecular flexibility index (Phi) is 6.61. The number of halogens is 2. The van der Waals surface area contributed by atoms with Gasteiger partial charge in [-0.1, -0.05) is 6.07 Å². The number of carbonyl (C=O) groups is 1. The van der Waals surface area contributed by atoms with E-state index in [-0.39, 0.29) is 42.6 Å². The molecule has 2 heterocycles. The van der Waals surface area contributed by atoms with Crippen LogP contribution < -0.4 is 20.1 Å². The Morgan fingerprint density at radius 1 is 1.11 bits per heavy atom. The number of aromatic nitrogens is 2. The maximum atomic E-state index is 13.4. The number of nitrogens with zero attached hydrogens (tertiary/aromatic N) is 4. The maximum absolute atomic E-state index is 13.4. The predicted octanol–water partition coefficient (Wildman–Crippen LogP) is 4.52. The number of carbonyl (C=O) groups excluding carboxylic acids is 1. The number of benzene rings is 2. The van der Waals surface area contributed by atoms with E-state index in [1.165, 1.54) is 33.7 Å². The van der Waals surface area contributed by atoms with Gasteiger partial charge in [0.2, 0.25) is 5.88 Å². The summed E-state index contributed by atoms with van der Waals surface area (Å²) in [5.74, 6) is -1.58. The quantitative estimate of drug-likeness (QED) is 0.511. The van der Waals surface area contributed by atoms with Gasteiger partial charge < -0.3 is 14.2 Å². The number of fused-ring (bicyclic) bond motifs is 1. The molecule has 0 atom stereocenters. The zero-order chi connectivity index (χ0) is 26.0. The average Bonchev–Trinajstić information content (AvgIpc) is 3.24. The van der Waals surface area contributed by atoms with Crippen molar-refractivity contribution in [2.45, 2.75) is 39.5 Å². The highest BCUT2D eigenvalue weighted by Gasteiger charge is 2.30. The molecule has 0 bridgehead atoms. The number of amides is 1. The van der Waals surface area contributed by atoms with Crippen LogP contribution in [0.4, 0.5) is 19.4 Å².